The van der Waals surface area contributed by atoms with Crippen LogP contribution in [0.4, 0.5) is 27.9 Å². The first-order chi connectivity index (χ1) is 16.9. The van der Waals surface area contributed by atoms with Crippen LogP contribution in [-0.4, -0.2) is 61.2 Å². The molecule has 3 N–H and O–H groups in total. The van der Waals surface area contributed by atoms with Crippen LogP contribution in [0.15, 0.2) is 54.6 Å². The van der Waals surface area contributed by atoms with Gasteiger partial charge in [0.2, 0.25) is 5.95 Å². The second-order valence-corrected chi connectivity index (χ2v) is 10.0. The Labute approximate surface area is 209 Å². The molecule has 0 spiro atoms. The maximum atomic E-state index is 12.9. The molecule has 35 heavy (non-hydrogen) atoms. The molecule has 0 atom stereocenters. The van der Waals surface area contributed by atoms with Gasteiger partial charge in [0.1, 0.15) is 10.6 Å². The van der Waals surface area contributed by atoms with Crippen LogP contribution >= 0.6 is 11.3 Å². The van der Waals surface area contributed by atoms with Gasteiger partial charge in [-0.25, -0.2) is 9.78 Å². The highest BCUT2D eigenvalue weighted by Crippen LogP contribution is 2.42. The van der Waals surface area contributed by atoms with Crippen molar-refractivity contribution in [3.63, 3.8) is 0 Å². The zero-order chi connectivity index (χ0) is 24.5. The van der Waals surface area contributed by atoms with Crippen molar-refractivity contribution in [1.29, 1.82) is 0 Å². The summed E-state index contributed by atoms with van der Waals surface area (Å²) < 4.78 is 0. The summed E-state index contributed by atoms with van der Waals surface area (Å²) in [4.78, 5) is 30.2. The smallest absolute Gasteiger partial charge is 0.321 e. The van der Waals surface area contributed by atoms with E-state index in [1.807, 2.05) is 66.4 Å². The molecular weight excluding hydrogens is 458 g/mol. The van der Waals surface area contributed by atoms with Gasteiger partial charge >= 0.3 is 6.03 Å². The molecule has 1 aliphatic heterocycles. The van der Waals surface area contributed by atoms with Crippen LogP contribution in [0, 0.1) is 6.92 Å². The summed E-state index contributed by atoms with van der Waals surface area (Å²) in [5.41, 5.74) is 10.3. The predicted molar refractivity (Wildman–Crippen MR) is 146 cm³/mol. The number of thiophene rings is 1. The Bertz CT molecular complexity index is 1340. The summed E-state index contributed by atoms with van der Waals surface area (Å²) in [6.07, 6.45) is 0. The minimum Gasteiger partial charge on any atom is -0.378 e. The minimum absolute atomic E-state index is 0.0917. The topological polar surface area (TPSA) is 90.6 Å². The number of nitrogens with zero attached hydrogens (tertiary/aromatic N) is 5. The highest BCUT2D eigenvalue weighted by molar-refractivity contribution is 7.19. The largest absolute Gasteiger partial charge is 0.378 e. The first-order valence-corrected chi connectivity index (χ1v) is 12.4. The summed E-state index contributed by atoms with van der Waals surface area (Å²) in [5, 5.41) is 4.05. The number of hydrogen-bond donors (Lipinski definition) is 2. The first kappa shape index (κ1) is 22.9. The van der Waals surface area contributed by atoms with Crippen LogP contribution in [-0.2, 0) is 0 Å². The van der Waals surface area contributed by atoms with Crippen LogP contribution in [0.2, 0.25) is 0 Å². The van der Waals surface area contributed by atoms with Crippen molar-refractivity contribution in [2.75, 3.05) is 61.1 Å². The highest BCUT2D eigenvalue weighted by Gasteiger charge is 2.26. The molecule has 9 heteroatoms. The molecule has 0 aliphatic carbocycles. The number of fused-ring (bicyclic) bond motifs is 1. The summed E-state index contributed by atoms with van der Waals surface area (Å²) >= 11 is 1.64. The highest BCUT2D eigenvalue weighted by atomic mass is 32.1. The van der Waals surface area contributed by atoms with E-state index in [4.69, 9.17) is 5.73 Å². The molecule has 2 amide bonds. The Hall–Kier alpha value is -3.85. The predicted octanol–water partition coefficient (Wildman–Crippen LogP) is 4.67. The Kier molecular flexibility index (Phi) is 6.17. The van der Waals surface area contributed by atoms with Gasteiger partial charge < -0.3 is 25.8 Å². The summed E-state index contributed by atoms with van der Waals surface area (Å²) in [5.74, 6) is 1.12. The summed E-state index contributed by atoms with van der Waals surface area (Å²) in [6, 6.07) is 18.1. The van der Waals surface area contributed by atoms with Gasteiger partial charge in [0.15, 0.2) is 0 Å². The fourth-order valence-corrected chi connectivity index (χ4v) is 5.50. The fraction of sp³-hybridized carbons (Fsp3) is 0.269. The Balaban J connectivity index is 1.35. The quantitative estimate of drug-likeness (QED) is 0.435. The van der Waals surface area contributed by atoms with Crippen molar-refractivity contribution in [3.8, 4) is 11.1 Å². The number of rotatable bonds is 4. The third kappa shape index (κ3) is 4.59. The van der Waals surface area contributed by atoms with Gasteiger partial charge in [-0.1, -0.05) is 30.3 Å². The van der Waals surface area contributed by atoms with Crippen molar-refractivity contribution in [2.45, 2.75) is 6.92 Å². The van der Waals surface area contributed by atoms with Crippen molar-refractivity contribution in [1.82, 2.24) is 14.9 Å². The number of nitrogen functional groups attached to an aromatic ring is 1. The number of nitrogens with one attached hydrogen (secondary N) is 1. The number of anilines is 4. The Morgan fingerprint density at radius 3 is 2.34 bits per heavy atom. The lowest BCUT2D eigenvalue weighted by Crippen LogP contribution is -2.50. The zero-order valence-electron chi connectivity index (χ0n) is 20.2. The number of piperazine rings is 1. The van der Waals surface area contributed by atoms with Crippen LogP contribution < -0.4 is 20.9 Å². The molecule has 0 radical (unpaired) electrons. The van der Waals surface area contributed by atoms with Gasteiger partial charge in [-0.2, -0.15) is 4.98 Å². The third-order valence-corrected chi connectivity index (χ3v) is 7.29. The normalized spacial score (nSPS) is 13.8. The molecule has 2 aromatic carbocycles. The molecule has 1 aliphatic rings. The van der Waals surface area contributed by atoms with E-state index in [0.29, 0.717) is 26.2 Å². The molecule has 8 nitrogen and oxygen atoms in total. The lowest BCUT2D eigenvalue weighted by atomic mass is 10.0. The molecule has 4 aromatic rings. The molecule has 1 saturated heterocycles. The average Bonchev–Trinajstić information content (AvgIpc) is 3.19. The van der Waals surface area contributed by atoms with Crippen molar-refractivity contribution < 1.29 is 4.79 Å². The number of amides is 2. The molecular formula is C26H29N7OS. The van der Waals surface area contributed by atoms with Crippen molar-refractivity contribution in [3.05, 3.63) is 59.5 Å². The van der Waals surface area contributed by atoms with Gasteiger partial charge in [-0.3, -0.25) is 0 Å². The molecule has 0 bridgehead atoms. The number of benzene rings is 2. The first-order valence-electron chi connectivity index (χ1n) is 11.6. The van der Waals surface area contributed by atoms with Gasteiger partial charge in [0.25, 0.3) is 0 Å². The van der Waals surface area contributed by atoms with Gasteiger partial charge in [0.05, 0.1) is 5.39 Å². The standard InChI is InChI=1S/C26H29N7OS/c1-17-21(18-7-5-4-6-8-18)22-23(29-25(27)30-24(22)35-17)32-13-15-33(16-14-32)26(34)28-19-9-11-20(12-10-19)31(2)3/h4-12H,13-16H2,1-3H3,(H,28,34)(H2,27,29,30). The van der Waals surface area contributed by atoms with Crippen molar-refractivity contribution in [2.24, 2.45) is 0 Å². The van der Waals surface area contributed by atoms with Crippen LogP contribution in [0.5, 0.6) is 0 Å². The SMILES string of the molecule is Cc1sc2nc(N)nc(N3CCN(C(=O)Nc4ccc(N(C)C)cc4)CC3)c2c1-c1ccccc1. The number of carbonyl (C=O) groups is 1. The number of aromatic nitrogens is 2. The molecule has 1 fully saturated rings. The number of carbonyl (C=O) groups excluding carboxylic acids is 1. The van der Waals surface area contributed by atoms with E-state index < -0.39 is 0 Å². The van der Waals surface area contributed by atoms with E-state index in [1.165, 1.54) is 4.88 Å². The minimum atomic E-state index is -0.0917. The lowest BCUT2D eigenvalue weighted by molar-refractivity contribution is 0.208. The van der Waals surface area contributed by atoms with E-state index in [9.17, 15) is 4.79 Å². The Morgan fingerprint density at radius 2 is 1.69 bits per heavy atom. The number of hydrogen-bond acceptors (Lipinski definition) is 7. The summed E-state index contributed by atoms with van der Waals surface area (Å²) in [7, 11) is 3.98. The zero-order valence-corrected chi connectivity index (χ0v) is 21.0. The van der Waals surface area contributed by atoms with Crippen LogP contribution in [0.3, 0.4) is 0 Å². The van der Waals surface area contributed by atoms with E-state index >= 15 is 0 Å². The summed E-state index contributed by atoms with van der Waals surface area (Å²) in [6.45, 7) is 4.64. The molecule has 2 aromatic heterocycles. The molecule has 3 heterocycles. The second kappa shape index (κ2) is 9.42. The molecule has 5 rings (SSSR count). The monoisotopic (exact) mass is 487 g/mol. The van der Waals surface area contributed by atoms with Gasteiger partial charge in [-0.05, 0) is 36.8 Å². The van der Waals surface area contributed by atoms with E-state index in [-0.39, 0.29) is 12.0 Å². The molecule has 0 unspecified atom stereocenters. The van der Waals surface area contributed by atoms with Gasteiger partial charge in [0, 0.05) is 62.1 Å². The lowest BCUT2D eigenvalue weighted by Gasteiger charge is -2.35. The van der Waals surface area contributed by atoms with Crippen molar-refractivity contribution >= 4 is 50.7 Å². The fourth-order valence-electron chi connectivity index (χ4n) is 4.46. The maximum Gasteiger partial charge on any atom is 0.321 e. The third-order valence-electron chi connectivity index (χ3n) is 6.29. The van der Waals surface area contributed by atoms with E-state index in [1.54, 1.807) is 11.3 Å². The maximum absolute atomic E-state index is 12.9. The average molecular weight is 488 g/mol. The van der Waals surface area contributed by atoms with Gasteiger partial charge in [-0.15, -0.1) is 11.3 Å². The molecule has 0 saturated carbocycles. The van der Waals surface area contributed by atoms with E-state index in [0.717, 1.165) is 38.5 Å². The van der Waals surface area contributed by atoms with Crippen LogP contribution in [0.25, 0.3) is 21.3 Å². The Morgan fingerprint density at radius 1 is 1.00 bits per heavy atom. The number of urea groups is 1. The number of nitrogens with two attached hydrogens (primary N) is 1. The van der Waals surface area contributed by atoms with E-state index in [2.05, 4.69) is 39.2 Å². The second-order valence-electron chi connectivity index (χ2n) is 8.83. The number of aryl methyl sites for hydroxylation is 1. The van der Waals surface area contributed by atoms with Crippen LogP contribution in [0.1, 0.15) is 4.88 Å². The molecule has 180 valence electrons.